The normalized spacial score (nSPS) is 15.3. The predicted molar refractivity (Wildman–Crippen MR) is 141 cm³/mol. The Bertz CT molecular complexity index is 847. The van der Waals surface area contributed by atoms with Gasteiger partial charge in [-0.05, 0) is 38.5 Å². The van der Waals surface area contributed by atoms with Crippen molar-refractivity contribution in [3.63, 3.8) is 0 Å². The standard InChI is InChI=1S/C24H41BN6O6/c1-15(2)21(30-18(32)9-5-4-6-13-31-19(33)10-11-20(31)34)23(36)29-17(8-7-12-27-24(26)37)22(35)28-16(3)14-25/h10-11,15-17,21H,4-9,12-14,25H2,1-3H3,(H,28,35)(H,29,36)(H,30,32)(H3,26,27,37)/t16-,17-,21?/m0/s1. The van der Waals surface area contributed by atoms with Crippen LogP contribution in [-0.4, -0.2) is 79.5 Å². The second kappa shape index (κ2) is 16.4. The first kappa shape index (κ1) is 31.7. The molecular weight excluding hydrogens is 479 g/mol. The van der Waals surface area contributed by atoms with Crippen molar-refractivity contribution >= 4 is 43.4 Å². The Labute approximate surface area is 219 Å². The second-order valence-electron chi connectivity index (χ2n) is 9.57. The van der Waals surface area contributed by atoms with Gasteiger partial charge in [0.15, 0.2) is 0 Å². The Morgan fingerprint density at radius 3 is 2.14 bits per heavy atom. The van der Waals surface area contributed by atoms with Gasteiger partial charge in [-0.1, -0.05) is 26.6 Å². The van der Waals surface area contributed by atoms with E-state index in [2.05, 4.69) is 21.3 Å². The first-order valence-corrected chi connectivity index (χ1v) is 12.9. The third-order valence-corrected chi connectivity index (χ3v) is 6.05. The SMILES string of the molecule is BC[C@H](C)NC(=O)[C@H](CCCNC(N)=O)NC(=O)C(NC(=O)CCCCCN1C(=O)C=CC1=O)C(C)C. The molecule has 37 heavy (non-hydrogen) atoms. The van der Waals surface area contributed by atoms with Gasteiger partial charge in [0.25, 0.3) is 11.8 Å². The van der Waals surface area contributed by atoms with Gasteiger partial charge in [0, 0.05) is 37.7 Å². The summed E-state index contributed by atoms with van der Waals surface area (Å²) in [6.07, 6.45) is 5.85. The third-order valence-electron chi connectivity index (χ3n) is 6.05. The lowest BCUT2D eigenvalue weighted by atomic mass is 9.98. The number of hydrogen-bond acceptors (Lipinski definition) is 6. The molecule has 6 N–H and O–H groups in total. The molecule has 0 aliphatic carbocycles. The van der Waals surface area contributed by atoms with E-state index >= 15 is 0 Å². The molecule has 206 valence electrons. The maximum Gasteiger partial charge on any atom is 0.312 e. The quantitative estimate of drug-likeness (QED) is 0.0942. The summed E-state index contributed by atoms with van der Waals surface area (Å²) in [6, 6.07) is -2.41. The molecule has 0 saturated carbocycles. The summed E-state index contributed by atoms with van der Waals surface area (Å²) >= 11 is 0. The van der Waals surface area contributed by atoms with Crippen LogP contribution in [-0.2, 0) is 24.0 Å². The third kappa shape index (κ3) is 11.9. The van der Waals surface area contributed by atoms with Crippen LogP contribution in [0.5, 0.6) is 0 Å². The van der Waals surface area contributed by atoms with Crippen molar-refractivity contribution in [3.8, 4) is 0 Å². The summed E-state index contributed by atoms with van der Waals surface area (Å²) in [5.74, 6) is -1.97. The Morgan fingerprint density at radius 2 is 1.57 bits per heavy atom. The van der Waals surface area contributed by atoms with Crippen molar-refractivity contribution < 1.29 is 28.8 Å². The Balaban J connectivity index is 2.59. The second-order valence-corrected chi connectivity index (χ2v) is 9.57. The summed E-state index contributed by atoms with van der Waals surface area (Å²) in [6.45, 7) is 6.03. The van der Waals surface area contributed by atoms with Gasteiger partial charge in [-0.15, -0.1) is 0 Å². The first-order chi connectivity index (χ1) is 17.5. The van der Waals surface area contributed by atoms with Gasteiger partial charge in [0.1, 0.15) is 19.9 Å². The number of amides is 7. The van der Waals surface area contributed by atoms with Crippen LogP contribution >= 0.6 is 0 Å². The number of primary amides is 1. The number of urea groups is 1. The monoisotopic (exact) mass is 520 g/mol. The van der Waals surface area contributed by atoms with E-state index in [0.717, 1.165) is 11.2 Å². The van der Waals surface area contributed by atoms with Gasteiger partial charge in [0.2, 0.25) is 17.7 Å². The van der Waals surface area contributed by atoms with E-state index in [9.17, 15) is 28.8 Å². The molecule has 0 aromatic heterocycles. The van der Waals surface area contributed by atoms with Crippen molar-refractivity contribution in [1.82, 2.24) is 26.2 Å². The molecule has 13 heteroatoms. The minimum absolute atomic E-state index is 0.0748. The number of nitrogens with two attached hydrogens (primary N) is 1. The molecule has 7 amide bonds. The van der Waals surface area contributed by atoms with E-state index in [1.165, 1.54) is 12.2 Å². The Hall–Kier alpha value is -3.38. The summed E-state index contributed by atoms with van der Waals surface area (Å²) in [5, 5.41) is 10.8. The van der Waals surface area contributed by atoms with Crippen molar-refractivity contribution in [2.45, 2.75) is 83.7 Å². The molecule has 1 aliphatic rings. The number of nitrogens with zero attached hydrogens (tertiary/aromatic N) is 1. The number of rotatable bonds is 17. The summed E-state index contributed by atoms with van der Waals surface area (Å²) < 4.78 is 0. The highest BCUT2D eigenvalue weighted by atomic mass is 16.2. The molecule has 0 fully saturated rings. The van der Waals surface area contributed by atoms with Crippen molar-refractivity contribution in [3.05, 3.63) is 12.2 Å². The lowest BCUT2D eigenvalue weighted by Gasteiger charge is -2.26. The number of imide groups is 1. The molecule has 0 saturated heterocycles. The number of carbonyl (C=O) groups is 6. The van der Waals surface area contributed by atoms with Crippen LogP contribution in [0.15, 0.2) is 12.2 Å². The number of nitrogens with one attached hydrogen (secondary N) is 4. The molecule has 3 atom stereocenters. The molecule has 0 aromatic carbocycles. The van der Waals surface area contributed by atoms with Crippen LogP contribution in [0.1, 0.15) is 59.3 Å². The van der Waals surface area contributed by atoms with Crippen molar-refractivity contribution in [2.24, 2.45) is 11.7 Å². The molecule has 0 aromatic rings. The fraction of sp³-hybridized carbons (Fsp3) is 0.667. The van der Waals surface area contributed by atoms with Crippen LogP contribution < -0.4 is 27.0 Å². The predicted octanol–water partition coefficient (Wildman–Crippen LogP) is -0.898. The van der Waals surface area contributed by atoms with Crippen LogP contribution in [0.25, 0.3) is 0 Å². The van der Waals surface area contributed by atoms with Crippen LogP contribution in [0.4, 0.5) is 4.79 Å². The zero-order valence-corrected chi connectivity index (χ0v) is 22.3. The highest BCUT2D eigenvalue weighted by molar-refractivity contribution is 6.12. The molecule has 0 spiro atoms. The van der Waals surface area contributed by atoms with E-state index in [4.69, 9.17) is 5.73 Å². The molecule has 0 bridgehead atoms. The Kier molecular flexibility index (Phi) is 14.0. The summed E-state index contributed by atoms with van der Waals surface area (Å²) in [4.78, 5) is 73.5. The van der Waals surface area contributed by atoms with Gasteiger partial charge in [-0.25, -0.2) is 4.79 Å². The van der Waals surface area contributed by atoms with Gasteiger partial charge in [-0.3, -0.25) is 28.9 Å². The smallest absolute Gasteiger partial charge is 0.312 e. The van der Waals surface area contributed by atoms with Crippen LogP contribution in [0.3, 0.4) is 0 Å². The maximum absolute atomic E-state index is 13.0. The minimum Gasteiger partial charge on any atom is -0.353 e. The Morgan fingerprint density at radius 1 is 0.919 bits per heavy atom. The number of carbonyl (C=O) groups excluding carboxylic acids is 6. The minimum atomic E-state index is -0.833. The largest absolute Gasteiger partial charge is 0.353 e. The average molecular weight is 520 g/mol. The maximum atomic E-state index is 13.0. The average Bonchev–Trinajstić information content (AvgIpc) is 3.15. The summed E-state index contributed by atoms with van der Waals surface area (Å²) in [5.41, 5.74) is 5.07. The van der Waals surface area contributed by atoms with E-state index in [-0.39, 0.29) is 55.0 Å². The van der Waals surface area contributed by atoms with E-state index in [1.54, 1.807) is 13.8 Å². The molecule has 0 radical (unpaired) electrons. The molecule has 1 unspecified atom stereocenters. The van der Waals surface area contributed by atoms with Gasteiger partial charge in [0.05, 0.1) is 0 Å². The fourth-order valence-corrected chi connectivity index (χ4v) is 3.66. The number of hydrogen-bond donors (Lipinski definition) is 5. The molecule has 1 heterocycles. The topological polar surface area (TPSA) is 180 Å². The lowest BCUT2D eigenvalue weighted by molar-refractivity contribution is -0.137. The van der Waals surface area contributed by atoms with E-state index in [1.807, 2.05) is 14.8 Å². The van der Waals surface area contributed by atoms with E-state index in [0.29, 0.717) is 32.2 Å². The molecule has 1 aliphatic heterocycles. The van der Waals surface area contributed by atoms with Crippen LogP contribution in [0.2, 0.25) is 6.32 Å². The molecular formula is C24H41BN6O6. The highest BCUT2D eigenvalue weighted by Crippen LogP contribution is 2.09. The first-order valence-electron chi connectivity index (χ1n) is 12.9. The zero-order valence-electron chi connectivity index (χ0n) is 22.3. The molecule has 1 rings (SSSR count). The highest BCUT2D eigenvalue weighted by Gasteiger charge is 2.29. The molecule has 12 nitrogen and oxygen atoms in total. The lowest BCUT2D eigenvalue weighted by Crippen LogP contribution is -2.56. The van der Waals surface area contributed by atoms with Crippen molar-refractivity contribution in [2.75, 3.05) is 13.1 Å². The van der Waals surface area contributed by atoms with Crippen molar-refractivity contribution in [1.29, 1.82) is 0 Å². The number of unbranched alkanes of at least 4 members (excludes halogenated alkanes) is 2. The van der Waals surface area contributed by atoms with Gasteiger partial charge in [-0.2, -0.15) is 0 Å². The zero-order chi connectivity index (χ0) is 28.0. The van der Waals surface area contributed by atoms with Gasteiger partial charge >= 0.3 is 6.03 Å². The van der Waals surface area contributed by atoms with Gasteiger partial charge < -0.3 is 27.0 Å². The van der Waals surface area contributed by atoms with E-state index < -0.39 is 24.0 Å². The fourth-order valence-electron chi connectivity index (χ4n) is 3.66. The summed E-state index contributed by atoms with van der Waals surface area (Å²) in [7, 11) is 1.93. The van der Waals surface area contributed by atoms with Crippen LogP contribution in [0, 0.1) is 5.92 Å².